The maximum absolute atomic E-state index is 13.9. The van der Waals surface area contributed by atoms with Gasteiger partial charge in [0.15, 0.2) is 0 Å². The molecule has 0 saturated heterocycles. The van der Waals surface area contributed by atoms with Gasteiger partial charge in [-0.3, -0.25) is 4.79 Å². The second kappa shape index (κ2) is 7.68. The fourth-order valence-corrected chi connectivity index (χ4v) is 2.93. The second-order valence-electron chi connectivity index (χ2n) is 6.08. The quantitative estimate of drug-likeness (QED) is 0.819. The Morgan fingerprint density at radius 1 is 1.27 bits per heavy atom. The monoisotopic (exact) mass is 310 g/mol. The molecule has 0 aliphatic heterocycles. The van der Waals surface area contributed by atoms with Gasteiger partial charge in [0.2, 0.25) is 5.91 Å². The topological polar surface area (TPSA) is 55.1 Å². The number of halogens is 2. The Bertz CT molecular complexity index is 479. The SMILES string of the molecule is NC(CNC(=O)CC1CCCCCC1(F)F)c1ccccc1. The Balaban J connectivity index is 1.82. The van der Waals surface area contributed by atoms with Gasteiger partial charge in [0.1, 0.15) is 0 Å². The van der Waals surface area contributed by atoms with Crippen LogP contribution in [0.25, 0.3) is 0 Å². The third kappa shape index (κ3) is 4.77. The molecule has 2 unspecified atom stereocenters. The lowest BCUT2D eigenvalue weighted by Gasteiger charge is -2.24. The van der Waals surface area contributed by atoms with Crippen molar-refractivity contribution in [2.24, 2.45) is 11.7 Å². The van der Waals surface area contributed by atoms with E-state index in [-0.39, 0.29) is 31.3 Å². The smallest absolute Gasteiger partial charge is 0.251 e. The van der Waals surface area contributed by atoms with Gasteiger partial charge < -0.3 is 11.1 Å². The predicted octanol–water partition coefficient (Wildman–Crippen LogP) is 3.41. The van der Waals surface area contributed by atoms with Gasteiger partial charge in [-0.1, -0.05) is 43.2 Å². The first-order valence-corrected chi connectivity index (χ1v) is 7.94. The number of benzene rings is 1. The zero-order valence-corrected chi connectivity index (χ0v) is 12.7. The van der Waals surface area contributed by atoms with E-state index < -0.39 is 11.8 Å². The molecule has 3 nitrogen and oxygen atoms in total. The third-order valence-corrected chi connectivity index (χ3v) is 4.34. The number of hydrogen-bond acceptors (Lipinski definition) is 2. The van der Waals surface area contributed by atoms with E-state index in [2.05, 4.69) is 5.32 Å². The van der Waals surface area contributed by atoms with Crippen LogP contribution in [-0.2, 0) is 4.79 Å². The van der Waals surface area contributed by atoms with Crippen LogP contribution in [0.5, 0.6) is 0 Å². The van der Waals surface area contributed by atoms with Gasteiger partial charge in [0.25, 0.3) is 5.92 Å². The number of hydrogen-bond donors (Lipinski definition) is 2. The Morgan fingerprint density at radius 3 is 2.73 bits per heavy atom. The summed E-state index contributed by atoms with van der Waals surface area (Å²) >= 11 is 0. The van der Waals surface area contributed by atoms with Crippen LogP contribution in [0.2, 0.25) is 0 Å². The Labute approximate surface area is 130 Å². The van der Waals surface area contributed by atoms with E-state index >= 15 is 0 Å². The van der Waals surface area contributed by atoms with Crippen LogP contribution in [0, 0.1) is 5.92 Å². The van der Waals surface area contributed by atoms with Gasteiger partial charge in [0, 0.05) is 31.3 Å². The summed E-state index contributed by atoms with van der Waals surface area (Å²) in [4.78, 5) is 11.9. The first-order chi connectivity index (χ1) is 10.5. The molecule has 5 heteroatoms. The molecule has 1 aliphatic carbocycles. The summed E-state index contributed by atoms with van der Waals surface area (Å²) in [5.74, 6) is -3.91. The standard InChI is InChI=1S/C17H24F2N2O/c18-17(19)10-6-2-5-9-14(17)11-16(22)21-12-15(20)13-7-3-1-4-8-13/h1,3-4,7-8,14-15H,2,5-6,9-12,20H2,(H,21,22). The van der Waals surface area contributed by atoms with Crippen molar-refractivity contribution in [3.63, 3.8) is 0 Å². The van der Waals surface area contributed by atoms with Crippen molar-refractivity contribution < 1.29 is 13.6 Å². The number of amides is 1. The molecule has 1 aromatic carbocycles. The van der Waals surface area contributed by atoms with E-state index in [1.807, 2.05) is 30.3 Å². The van der Waals surface area contributed by atoms with Crippen molar-refractivity contribution in [2.45, 2.75) is 50.5 Å². The number of nitrogens with one attached hydrogen (secondary N) is 1. The van der Waals surface area contributed by atoms with E-state index in [9.17, 15) is 13.6 Å². The van der Waals surface area contributed by atoms with Gasteiger partial charge in [-0.05, 0) is 18.4 Å². The summed E-state index contributed by atoms with van der Waals surface area (Å²) in [5, 5.41) is 2.69. The number of alkyl halides is 2. The minimum atomic E-state index is -2.73. The van der Waals surface area contributed by atoms with Crippen LogP contribution in [0.3, 0.4) is 0 Å². The van der Waals surface area contributed by atoms with Crippen LogP contribution in [0.15, 0.2) is 30.3 Å². The van der Waals surface area contributed by atoms with Crippen LogP contribution in [0.4, 0.5) is 8.78 Å². The molecule has 0 aromatic heterocycles. The maximum atomic E-state index is 13.9. The normalized spacial score (nSPS) is 22.6. The first kappa shape index (κ1) is 16.9. The fourth-order valence-electron chi connectivity index (χ4n) is 2.93. The highest BCUT2D eigenvalue weighted by Gasteiger charge is 2.40. The average Bonchev–Trinajstić information content (AvgIpc) is 2.67. The molecule has 22 heavy (non-hydrogen) atoms. The zero-order chi connectivity index (χ0) is 16.0. The van der Waals surface area contributed by atoms with Crippen LogP contribution < -0.4 is 11.1 Å². The van der Waals surface area contributed by atoms with Gasteiger partial charge in [-0.25, -0.2) is 8.78 Å². The van der Waals surface area contributed by atoms with Crippen molar-refractivity contribution in [2.75, 3.05) is 6.54 Å². The van der Waals surface area contributed by atoms with Crippen molar-refractivity contribution in [3.8, 4) is 0 Å². The summed E-state index contributed by atoms with van der Waals surface area (Å²) < 4.78 is 27.9. The van der Waals surface area contributed by atoms with Crippen molar-refractivity contribution in [1.29, 1.82) is 0 Å². The Hall–Kier alpha value is -1.49. The van der Waals surface area contributed by atoms with Gasteiger partial charge in [0.05, 0.1) is 0 Å². The predicted molar refractivity (Wildman–Crippen MR) is 82.5 cm³/mol. The summed E-state index contributed by atoms with van der Waals surface area (Å²) in [7, 11) is 0. The van der Waals surface area contributed by atoms with Gasteiger partial charge in [-0.2, -0.15) is 0 Å². The van der Waals surface area contributed by atoms with Crippen molar-refractivity contribution in [3.05, 3.63) is 35.9 Å². The molecular formula is C17H24F2N2O. The molecule has 1 fully saturated rings. The maximum Gasteiger partial charge on any atom is 0.251 e. The lowest BCUT2D eigenvalue weighted by atomic mass is 9.92. The Morgan fingerprint density at radius 2 is 2.00 bits per heavy atom. The molecule has 0 radical (unpaired) electrons. The summed E-state index contributed by atoms with van der Waals surface area (Å²) in [6.45, 7) is 0.265. The summed E-state index contributed by atoms with van der Waals surface area (Å²) in [6.07, 6.45) is 2.35. The molecule has 1 aliphatic rings. The minimum absolute atomic E-state index is 0.103. The molecule has 0 heterocycles. The summed E-state index contributed by atoms with van der Waals surface area (Å²) in [5.41, 5.74) is 6.91. The lowest BCUT2D eigenvalue weighted by Crippen LogP contribution is -2.36. The number of carbonyl (C=O) groups is 1. The largest absolute Gasteiger partial charge is 0.354 e. The van der Waals surface area contributed by atoms with Gasteiger partial charge in [-0.15, -0.1) is 0 Å². The van der Waals surface area contributed by atoms with E-state index in [4.69, 9.17) is 5.73 Å². The molecule has 122 valence electrons. The highest BCUT2D eigenvalue weighted by atomic mass is 19.3. The Kier molecular flexibility index (Phi) is 5.89. The molecule has 2 rings (SSSR count). The number of nitrogens with two attached hydrogens (primary N) is 1. The fraction of sp³-hybridized carbons (Fsp3) is 0.588. The number of rotatable bonds is 5. The average molecular weight is 310 g/mol. The molecule has 1 aromatic rings. The third-order valence-electron chi connectivity index (χ3n) is 4.34. The van der Waals surface area contributed by atoms with E-state index in [0.717, 1.165) is 18.4 Å². The zero-order valence-electron chi connectivity index (χ0n) is 12.7. The second-order valence-corrected chi connectivity index (χ2v) is 6.08. The first-order valence-electron chi connectivity index (χ1n) is 7.94. The van der Waals surface area contributed by atoms with Crippen LogP contribution >= 0.6 is 0 Å². The van der Waals surface area contributed by atoms with Crippen molar-refractivity contribution >= 4 is 5.91 Å². The summed E-state index contributed by atoms with van der Waals surface area (Å²) in [6, 6.07) is 9.10. The molecule has 1 amide bonds. The molecule has 3 N–H and O–H groups in total. The van der Waals surface area contributed by atoms with Crippen LogP contribution in [0.1, 0.15) is 50.1 Å². The lowest BCUT2D eigenvalue weighted by molar-refractivity contribution is -0.127. The van der Waals surface area contributed by atoms with E-state index in [1.54, 1.807) is 0 Å². The van der Waals surface area contributed by atoms with Gasteiger partial charge >= 0.3 is 0 Å². The molecule has 2 atom stereocenters. The molecular weight excluding hydrogens is 286 g/mol. The molecule has 0 spiro atoms. The van der Waals surface area contributed by atoms with Crippen LogP contribution in [-0.4, -0.2) is 18.4 Å². The highest BCUT2D eigenvalue weighted by molar-refractivity contribution is 5.76. The van der Waals surface area contributed by atoms with E-state index in [1.165, 1.54) is 0 Å². The molecule has 0 bridgehead atoms. The highest BCUT2D eigenvalue weighted by Crippen LogP contribution is 2.38. The number of carbonyl (C=O) groups excluding carboxylic acids is 1. The molecule has 1 saturated carbocycles. The minimum Gasteiger partial charge on any atom is -0.354 e. The van der Waals surface area contributed by atoms with Crippen molar-refractivity contribution in [1.82, 2.24) is 5.32 Å². The van der Waals surface area contributed by atoms with E-state index in [0.29, 0.717) is 12.8 Å².